The van der Waals surface area contributed by atoms with Crippen LogP contribution in [0.25, 0.3) is 0 Å². The number of rotatable bonds is 6. The molecule has 1 aliphatic carbocycles. The third kappa shape index (κ3) is 3.01. The minimum Gasteiger partial charge on any atom is -0.507 e. The molecule has 0 aromatic heterocycles. The summed E-state index contributed by atoms with van der Waals surface area (Å²) in [6.45, 7) is 2.86. The van der Waals surface area contributed by atoms with Gasteiger partial charge in [0.05, 0.1) is 12.7 Å². The van der Waals surface area contributed by atoms with Crippen molar-refractivity contribution in [1.82, 2.24) is 5.32 Å². The van der Waals surface area contributed by atoms with E-state index in [0.717, 1.165) is 24.9 Å². The van der Waals surface area contributed by atoms with Crippen LogP contribution in [0.2, 0.25) is 0 Å². The topological polar surface area (TPSA) is 50.7 Å². The van der Waals surface area contributed by atoms with E-state index in [1.807, 2.05) is 19.1 Å². The first-order chi connectivity index (χ1) is 9.10. The van der Waals surface area contributed by atoms with Gasteiger partial charge in [0.1, 0.15) is 11.5 Å². The molecule has 1 aromatic carbocycles. The van der Waals surface area contributed by atoms with Gasteiger partial charge in [-0.25, -0.2) is 0 Å². The SMILES string of the molecule is COc1ccc(C(C)NCC2(OC)CCC2)c(O)c1. The van der Waals surface area contributed by atoms with Crippen LogP contribution in [0.1, 0.15) is 37.8 Å². The van der Waals surface area contributed by atoms with Crippen molar-refractivity contribution >= 4 is 0 Å². The van der Waals surface area contributed by atoms with Gasteiger partial charge in [-0.15, -0.1) is 0 Å². The van der Waals surface area contributed by atoms with Crippen molar-refractivity contribution in [1.29, 1.82) is 0 Å². The molecule has 0 bridgehead atoms. The quantitative estimate of drug-likeness (QED) is 0.830. The maximum Gasteiger partial charge on any atom is 0.124 e. The van der Waals surface area contributed by atoms with Crippen molar-refractivity contribution in [2.24, 2.45) is 0 Å². The maximum atomic E-state index is 10.00. The molecular formula is C15H23NO3. The maximum absolute atomic E-state index is 10.00. The first-order valence-electron chi connectivity index (χ1n) is 6.76. The highest BCUT2D eigenvalue weighted by Gasteiger charge is 2.36. The molecule has 0 radical (unpaired) electrons. The van der Waals surface area contributed by atoms with E-state index < -0.39 is 0 Å². The zero-order valence-electron chi connectivity index (χ0n) is 11.9. The molecular weight excluding hydrogens is 242 g/mol. The zero-order valence-corrected chi connectivity index (χ0v) is 11.9. The van der Waals surface area contributed by atoms with Crippen LogP contribution in [0.5, 0.6) is 11.5 Å². The molecule has 4 nitrogen and oxygen atoms in total. The summed E-state index contributed by atoms with van der Waals surface area (Å²) in [7, 11) is 3.37. The molecule has 0 amide bonds. The molecule has 1 aromatic rings. The van der Waals surface area contributed by atoms with Crippen molar-refractivity contribution in [3.63, 3.8) is 0 Å². The number of ether oxygens (including phenoxy) is 2. The Bertz CT molecular complexity index is 424. The Hall–Kier alpha value is -1.26. The Balaban J connectivity index is 1.97. The number of benzene rings is 1. The Morgan fingerprint density at radius 2 is 2.11 bits per heavy atom. The molecule has 4 heteroatoms. The summed E-state index contributed by atoms with van der Waals surface area (Å²) >= 11 is 0. The molecule has 0 heterocycles. The first-order valence-corrected chi connectivity index (χ1v) is 6.76. The molecule has 0 spiro atoms. The zero-order chi connectivity index (χ0) is 13.9. The molecule has 1 fully saturated rings. The third-order valence-corrected chi connectivity index (χ3v) is 4.13. The highest BCUT2D eigenvalue weighted by atomic mass is 16.5. The molecule has 0 aliphatic heterocycles. The second-order valence-corrected chi connectivity index (χ2v) is 5.27. The van der Waals surface area contributed by atoms with Crippen LogP contribution >= 0.6 is 0 Å². The van der Waals surface area contributed by atoms with E-state index in [1.54, 1.807) is 20.3 Å². The van der Waals surface area contributed by atoms with Gasteiger partial charge in [-0.05, 0) is 32.3 Å². The predicted octanol–water partition coefficient (Wildman–Crippen LogP) is 2.62. The number of hydrogen-bond acceptors (Lipinski definition) is 4. The summed E-state index contributed by atoms with van der Waals surface area (Å²) in [5.74, 6) is 0.931. The van der Waals surface area contributed by atoms with E-state index in [9.17, 15) is 5.11 Å². The van der Waals surface area contributed by atoms with Crippen molar-refractivity contribution in [3.05, 3.63) is 23.8 Å². The monoisotopic (exact) mass is 265 g/mol. The first kappa shape index (κ1) is 14.2. The fourth-order valence-corrected chi connectivity index (χ4v) is 2.49. The second-order valence-electron chi connectivity index (χ2n) is 5.27. The number of phenolic OH excluding ortho intramolecular Hbond substituents is 1. The van der Waals surface area contributed by atoms with Crippen molar-refractivity contribution in [3.8, 4) is 11.5 Å². The van der Waals surface area contributed by atoms with Gasteiger partial charge in [0, 0.05) is 31.3 Å². The summed E-state index contributed by atoms with van der Waals surface area (Å²) in [6.07, 6.45) is 3.45. The van der Waals surface area contributed by atoms with Gasteiger partial charge < -0.3 is 19.9 Å². The summed E-state index contributed by atoms with van der Waals surface area (Å²) in [5, 5.41) is 13.4. The second kappa shape index (κ2) is 5.80. The van der Waals surface area contributed by atoms with Crippen LogP contribution in [0.3, 0.4) is 0 Å². The van der Waals surface area contributed by atoms with Crippen molar-refractivity contribution in [2.75, 3.05) is 20.8 Å². The van der Waals surface area contributed by atoms with Crippen LogP contribution < -0.4 is 10.1 Å². The van der Waals surface area contributed by atoms with E-state index in [4.69, 9.17) is 9.47 Å². The highest BCUT2D eigenvalue weighted by molar-refractivity contribution is 5.41. The Morgan fingerprint density at radius 3 is 2.58 bits per heavy atom. The van der Waals surface area contributed by atoms with Crippen molar-refractivity contribution < 1.29 is 14.6 Å². The van der Waals surface area contributed by atoms with Gasteiger partial charge >= 0.3 is 0 Å². The van der Waals surface area contributed by atoms with E-state index in [1.165, 1.54) is 6.42 Å². The van der Waals surface area contributed by atoms with E-state index in [0.29, 0.717) is 5.75 Å². The molecule has 1 atom stereocenters. The molecule has 1 saturated carbocycles. The number of hydrogen-bond donors (Lipinski definition) is 2. The molecule has 2 rings (SSSR count). The number of aromatic hydroxyl groups is 1. The van der Waals surface area contributed by atoms with Crippen molar-refractivity contribution in [2.45, 2.75) is 37.8 Å². The lowest BCUT2D eigenvalue weighted by Gasteiger charge is -2.41. The van der Waals surface area contributed by atoms with E-state index in [2.05, 4.69) is 5.32 Å². The Labute approximate surface area is 114 Å². The molecule has 19 heavy (non-hydrogen) atoms. The minimum atomic E-state index is -0.00362. The smallest absolute Gasteiger partial charge is 0.124 e. The lowest BCUT2D eigenvalue weighted by molar-refractivity contribution is -0.0706. The summed E-state index contributed by atoms with van der Waals surface area (Å²) in [6, 6.07) is 5.48. The predicted molar refractivity (Wildman–Crippen MR) is 74.7 cm³/mol. The minimum absolute atomic E-state index is 0.00362. The highest BCUT2D eigenvalue weighted by Crippen LogP contribution is 2.35. The average Bonchev–Trinajstić information content (AvgIpc) is 2.37. The number of methoxy groups -OCH3 is 2. The summed E-state index contributed by atoms with van der Waals surface area (Å²) in [5.41, 5.74) is 0.877. The number of nitrogens with one attached hydrogen (secondary N) is 1. The van der Waals surface area contributed by atoms with Crippen LogP contribution in [0.4, 0.5) is 0 Å². The Kier molecular flexibility index (Phi) is 4.32. The third-order valence-electron chi connectivity index (χ3n) is 4.13. The van der Waals surface area contributed by atoms with Gasteiger partial charge in [0.15, 0.2) is 0 Å². The van der Waals surface area contributed by atoms with E-state index in [-0.39, 0.29) is 17.4 Å². The molecule has 0 saturated heterocycles. The standard InChI is InChI=1S/C15H23NO3/c1-11(16-10-15(19-3)7-4-8-15)13-6-5-12(18-2)9-14(13)17/h5-6,9,11,16-17H,4,7-8,10H2,1-3H3. The Morgan fingerprint density at radius 1 is 1.37 bits per heavy atom. The molecule has 1 aliphatic rings. The molecule has 1 unspecified atom stereocenters. The van der Waals surface area contributed by atoms with Gasteiger partial charge in [-0.3, -0.25) is 0 Å². The largest absolute Gasteiger partial charge is 0.507 e. The van der Waals surface area contributed by atoms with Crippen LogP contribution in [-0.2, 0) is 4.74 Å². The van der Waals surface area contributed by atoms with Crippen LogP contribution in [0.15, 0.2) is 18.2 Å². The summed E-state index contributed by atoms with van der Waals surface area (Å²) < 4.78 is 10.7. The van der Waals surface area contributed by atoms with Gasteiger partial charge in [-0.2, -0.15) is 0 Å². The van der Waals surface area contributed by atoms with Gasteiger partial charge in [0.2, 0.25) is 0 Å². The van der Waals surface area contributed by atoms with Gasteiger partial charge in [0.25, 0.3) is 0 Å². The molecule has 2 N–H and O–H groups in total. The summed E-state index contributed by atoms with van der Waals surface area (Å²) in [4.78, 5) is 0. The van der Waals surface area contributed by atoms with Gasteiger partial charge in [-0.1, -0.05) is 6.07 Å². The fraction of sp³-hybridized carbons (Fsp3) is 0.600. The lowest BCUT2D eigenvalue weighted by atomic mass is 9.80. The van der Waals surface area contributed by atoms with E-state index >= 15 is 0 Å². The van der Waals surface area contributed by atoms with Crippen LogP contribution in [-0.4, -0.2) is 31.5 Å². The van der Waals surface area contributed by atoms with Crippen LogP contribution in [0, 0.1) is 0 Å². The normalized spacial score (nSPS) is 18.7. The number of phenols is 1. The lowest BCUT2D eigenvalue weighted by Crippen LogP contribution is -2.48. The molecule has 106 valence electrons. The fourth-order valence-electron chi connectivity index (χ4n) is 2.49. The average molecular weight is 265 g/mol.